The second kappa shape index (κ2) is 6.03. The molecular weight excluding hydrogens is 280 g/mol. The van der Waals surface area contributed by atoms with Gasteiger partial charge < -0.3 is 10.4 Å². The normalized spacial score (nSPS) is 13.0. The summed E-state index contributed by atoms with van der Waals surface area (Å²) in [6.07, 6.45) is -0.225. The monoisotopic (exact) mass is 292 g/mol. The van der Waals surface area contributed by atoms with Crippen molar-refractivity contribution >= 4 is 27.7 Å². The smallest absolute Gasteiger partial charge is 0.405 e. The first-order valence-corrected chi connectivity index (χ1v) is 7.24. The zero-order valence-electron chi connectivity index (χ0n) is 9.55. The highest BCUT2D eigenvalue weighted by Crippen LogP contribution is 2.16. The van der Waals surface area contributed by atoms with Crippen molar-refractivity contribution in [3.05, 3.63) is 34.9 Å². The molecule has 1 aromatic rings. The van der Waals surface area contributed by atoms with Crippen LogP contribution in [0, 0.1) is 0 Å². The number of nitrogens with one attached hydrogen (secondary N) is 2. The Hall–Kier alpha value is -1.31. The molecule has 0 aromatic heterocycles. The van der Waals surface area contributed by atoms with Crippen molar-refractivity contribution in [2.75, 3.05) is 12.8 Å². The number of sulfonamides is 1. The van der Waals surface area contributed by atoms with Crippen molar-refractivity contribution in [2.24, 2.45) is 0 Å². The summed E-state index contributed by atoms with van der Waals surface area (Å²) < 4.78 is 24.3. The Bertz CT molecular complexity index is 515. The first-order valence-electron chi connectivity index (χ1n) is 4.97. The Labute approximate surface area is 110 Å². The third kappa shape index (κ3) is 5.35. The van der Waals surface area contributed by atoms with Gasteiger partial charge in [-0.1, -0.05) is 23.7 Å². The standard InChI is InChI=1S/C10H13ClN2O4S/c1-18(16,17)12-6-9(13-10(14)15)7-2-4-8(11)5-3-7/h2-5,9,12-13H,6H2,1H3,(H,14,15). The molecule has 0 saturated heterocycles. The molecule has 1 atom stereocenters. The van der Waals surface area contributed by atoms with Crippen LogP contribution in [-0.2, 0) is 10.0 Å². The second-order valence-corrected chi connectivity index (χ2v) is 5.94. The Morgan fingerprint density at radius 1 is 1.39 bits per heavy atom. The van der Waals surface area contributed by atoms with Crippen LogP contribution in [0.4, 0.5) is 4.79 Å². The summed E-state index contributed by atoms with van der Waals surface area (Å²) in [5.74, 6) is 0. The molecule has 0 aliphatic carbocycles. The zero-order valence-corrected chi connectivity index (χ0v) is 11.1. The van der Waals surface area contributed by atoms with Crippen LogP contribution in [0.3, 0.4) is 0 Å². The van der Waals surface area contributed by atoms with E-state index in [1.807, 2.05) is 0 Å². The minimum absolute atomic E-state index is 0.0627. The highest BCUT2D eigenvalue weighted by Gasteiger charge is 2.15. The third-order valence-electron chi connectivity index (χ3n) is 2.12. The molecule has 1 rings (SSSR count). The number of rotatable bonds is 5. The maximum Gasteiger partial charge on any atom is 0.405 e. The molecule has 8 heteroatoms. The predicted octanol–water partition coefficient (Wildman–Crippen LogP) is 1.20. The molecule has 1 aromatic carbocycles. The summed E-state index contributed by atoms with van der Waals surface area (Å²) in [5, 5.41) is 11.5. The molecule has 1 amide bonds. The summed E-state index contributed by atoms with van der Waals surface area (Å²) in [6.45, 7) is -0.0627. The molecule has 1 unspecified atom stereocenters. The molecule has 0 saturated carbocycles. The largest absolute Gasteiger partial charge is 0.465 e. The van der Waals surface area contributed by atoms with E-state index >= 15 is 0 Å². The van der Waals surface area contributed by atoms with Crippen LogP contribution in [0.25, 0.3) is 0 Å². The van der Waals surface area contributed by atoms with Crippen LogP contribution >= 0.6 is 11.6 Å². The molecule has 0 heterocycles. The molecule has 0 fully saturated rings. The summed E-state index contributed by atoms with van der Waals surface area (Å²) in [5.41, 5.74) is 0.623. The minimum Gasteiger partial charge on any atom is -0.465 e. The quantitative estimate of drug-likeness (QED) is 0.760. The van der Waals surface area contributed by atoms with Gasteiger partial charge in [-0.2, -0.15) is 0 Å². The minimum atomic E-state index is -3.38. The Morgan fingerprint density at radius 2 is 1.94 bits per heavy atom. The van der Waals surface area contributed by atoms with Crippen molar-refractivity contribution < 1.29 is 18.3 Å². The van der Waals surface area contributed by atoms with Gasteiger partial charge in [-0.15, -0.1) is 0 Å². The summed E-state index contributed by atoms with van der Waals surface area (Å²) in [7, 11) is -3.38. The molecule has 0 spiro atoms. The van der Waals surface area contributed by atoms with Gasteiger partial charge in [0.15, 0.2) is 0 Å². The van der Waals surface area contributed by atoms with Crippen LogP contribution in [0.5, 0.6) is 0 Å². The van der Waals surface area contributed by atoms with E-state index in [1.54, 1.807) is 24.3 Å². The van der Waals surface area contributed by atoms with E-state index in [4.69, 9.17) is 16.7 Å². The van der Waals surface area contributed by atoms with Crippen LogP contribution in [0.15, 0.2) is 24.3 Å². The Morgan fingerprint density at radius 3 is 2.39 bits per heavy atom. The molecule has 6 nitrogen and oxygen atoms in total. The van der Waals surface area contributed by atoms with E-state index in [1.165, 1.54) is 0 Å². The average molecular weight is 293 g/mol. The van der Waals surface area contributed by atoms with E-state index in [2.05, 4.69) is 10.0 Å². The van der Waals surface area contributed by atoms with Crippen LogP contribution in [-0.4, -0.2) is 32.4 Å². The van der Waals surface area contributed by atoms with Crippen molar-refractivity contribution in [2.45, 2.75) is 6.04 Å². The molecule has 0 aliphatic rings. The first kappa shape index (κ1) is 14.7. The van der Waals surface area contributed by atoms with Gasteiger partial charge in [0.25, 0.3) is 0 Å². The number of benzene rings is 1. The molecule has 0 bridgehead atoms. The lowest BCUT2D eigenvalue weighted by molar-refractivity contribution is 0.190. The fourth-order valence-corrected chi connectivity index (χ4v) is 1.93. The number of hydrogen-bond acceptors (Lipinski definition) is 3. The fourth-order valence-electron chi connectivity index (χ4n) is 1.33. The molecule has 100 valence electrons. The maximum absolute atomic E-state index is 11.0. The average Bonchev–Trinajstić information content (AvgIpc) is 2.24. The van der Waals surface area contributed by atoms with Crippen LogP contribution < -0.4 is 10.0 Å². The fraction of sp³-hybridized carbons (Fsp3) is 0.300. The van der Waals surface area contributed by atoms with E-state index < -0.39 is 22.2 Å². The number of carboxylic acid groups (broad SMARTS) is 1. The van der Waals surface area contributed by atoms with E-state index in [9.17, 15) is 13.2 Å². The van der Waals surface area contributed by atoms with Crippen molar-refractivity contribution in [3.63, 3.8) is 0 Å². The highest BCUT2D eigenvalue weighted by molar-refractivity contribution is 7.88. The number of carbonyl (C=O) groups is 1. The Kier molecular flexibility index (Phi) is 4.94. The summed E-state index contributed by atoms with van der Waals surface area (Å²) >= 11 is 5.72. The van der Waals surface area contributed by atoms with Gasteiger partial charge in [-0.25, -0.2) is 17.9 Å². The lowest BCUT2D eigenvalue weighted by atomic mass is 10.1. The topological polar surface area (TPSA) is 95.5 Å². The lowest BCUT2D eigenvalue weighted by Crippen LogP contribution is -2.36. The van der Waals surface area contributed by atoms with Gasteiger partial charge in [-0.05, 0) is 17.7 Å². The van der Waals surface area contributed by atoms with E-state index in [-0.39, 0.29) is 6.54 Å². The van der Waals surface area contributed by atoms with Crippen LogP contribution in [0.2, 0.25) is 5.02 Å². The van der Waals surface area contributed by atoms with E-state index in [0.29, 0.717) is 10.6 Å². The predicted molar refractivity (Wildman–Crippen MR) is 68.2 cm³/mol. The molecule has 18 heavy (non-hydrogen) atoms. The van der Waals surface area contributed by atoms with Crippen LogP contribution in [0.1, 0.15) is 11.6 Å². The number of halogens is 1. The Balaban J connectivity index is 2.84. The van der Waals surface area contributed by atoms with Gasteiger partial charge >= 0.3 is 6.09 Å². The maximum atomic E-state index is 11.0. The first-order chi connectivity index (χ1) is 8.28. The molecule has 0 radical (unpaired) electrons. The van der Waals surface area contributed by atoms with Crippen molar-refractivity contribution in [1.82, 2.24) is 10.0 Å². The van der Waals surface area contributed by atoms with E-state index in [0.717, 1.165) is 6.26 Å². The molecule has 0 aliphatic heterocycles. The molecule has 3 N–H and O–H groups in total. The van der Waals surface area contributed by atoms with Crippen molar-refractivity contribution in [3.8, 4) is 0 Å². The zero-order chi connectivity index (χ0) is 13.8. The van der Waals surface area contributed by atoms with Gasteiger partial charge in [0.1, 0.15) is 0 Å². The SMILES string of the molecule is CS(=O)(=O)NCC(NC(=O)O)c1ccc(Cl)cc1. The lowest BCUT2D eigenvalue weighted by Gasteiger charge is -2.17. The van der Waals surface area contributed by atoms with Gasteiger partial charge in [0.2, 0.25) is 10.0 Å². The molecular formula is C10H13ClN2O4S. The summed E-state index contributed by atoms with van der Waals surface area (Å²) in [6, 6.07) is 5.80. The van der Waals surface area contributed by atoms with Gasteiger partial charge in [0, 0.05) is 11.6 Å². The highest BCUT2D eigenvalue weighted by atomic mass is 35.5. The summed E-state index contributed by atoms with van der Waals surface area (Å²) in [4.78, 5) is 10.7. The second-order valence-electron chi connectivity index (χ2n) is 3.67. The van der Waals surface area contributed by atoms with Gasteiger partial charge in [0.05, 0.1) is 12.3 Å². The number of amides is 1. The third-order valence-corrected chi connectivity index (χ3v) is 3.06. The number of hydrogen-bond donors (Lipinski definition) is 3. The van der Waals surface area contributed by atoms with Gasteiger partial charge in [-0.3, -0.25) is 0 Å². The van der Waals surface area contributed by atoms with Crippen molar-refractivity contribution in [1.29, 1.82) is 0 Å².